The van der Waals surface area contributed by atoms with Gasteiger partial charge in [-0.2, -0.15) is 0 Å². The predicted molar refractivity (Wildman–Crippen MR) is 138 cm³/mol. The quantitative estimate of drug-likeness (QED) is 0.395. The van der Waals surface area contributed by atoms with Crippen molar-refractivity contribution in [2.45, 2.75) is 25.2 Å². The summed E-state index contributed by atoms with van der Waals surface area (Å²) >= 11 is 0. The third-order valence-corrected chi connectivity index (χ3v) is 6.45. The number of piperidine rings is 1. The molecule has 4 aromatic rings. The van der Waals surface area contributed by atoms with E-state index in [0.29, 0.717) is 48.0 Å². The van der Waals surface area contributed by atoms with Gasteiger partial charge >= 0.3 is 0 Å². The third kappa shape index (κ3) is 5.12. The number of nitrogens with zero attached hydrogens (tertiary/aromatic N) is 6. The largest absolute Gasteiger partial charge is 0.384 e. The highest BCUT2D eigenvalue weighted by molar-refractivity contribution is 6.02. The van der Waals surface area contributed by atoms with Crippen LogP contribution in [0.15, 0.2) is 55.1 Å². The van der Waals surface area contributed by atoms with Gasteiger partial charge in [-0.3, -0.25) is 19.0 Å². The average Bonchev–Trinajstić information content (AvgIpc) is 3.33. The number of imidazole rings is 1. The first-order valence-corrected chi connectivity index (χ1v) is 12.1. The molecule has 2 amide bonds. The lowest BCUT2D eigenvalue weighted by atomic mass is 9.97. The highest BCUT2D eigenvalue weighted by Gasteiger charge is 2.29. The van der Waals surface area contributed by atoms with Crippen molar-refractivity contribution in [3.05, 3.63) is 66.6 Å². The molecule has 0 aromatic carbocycles. The zero-order valence-electron chi connectivity index (χ0n) is 20.5. The van der Waals surface area contributed by atoms with Crippen LogP contribution in [0.4, 0.5) is 11.6 Å². The summed E-state index contributed by atoms with van der Waals surface area (Å²) in [6, 6.07) is 8.71. The summed E-state index contributed by atoms with van der Waals surface area (Å²) in [6.45, 7) is 1.71. The number of nitrogens with two attached hydrogens (primary N) is 1. The fourth-order valence-corrected chi connectivity index (χ4v) is 4.62. The van der Waals surface area contributed by atoms with E-state index in [-0.39, 0.29) is 23.4 Å². The maximum atomic E-state index is 12.6. The zero-order valence-corrected chi connectivity index (χ0v) is 20.5. The monoisotopic (exact) mass is 500 g/mol. The van der Waals surface area contributed by atoms with E-state index in [9.17, 15) is 9.59 Å². The van der Waals surface area contributed by atoms with Gasteiger partial charge in [0.1, 0.15) is 34.4 Å². The van der Waals surface area contributed by atoms with Crippen LogP contribution in [-0.2, 0) is 9.53 Å². The van der Waals surface area contributed by atoms with E-state index in [2.05, 4.69) is 20.3 Å². The molecule has 5 rings (SSSR count). The number of nitrogen functional groups attached to an aromatic ring is 1. The van der Waals surface area contributed by atoms with Crippen LogP contribution < -0.4 is 11.1 Å². The molecule has 1 aliphatic heterocycles. The molecular formula is C26H28N8O3. The number of hydrogen-bond donors (Lipinski definition) is 2. The van der Waals surface area contributed by atoms with Crippen LogP contribution in [0, 0.1) is 0 Å². The Bertz CT molecular complexity index is 1400. The maximum Gasteiger partial charge on any atom is 0.275 e. The molecule has 0 radical (unpaired) electrons. The van der Waals surface area contributed by atoms with Gasteiger partial charge in [0.05, 0.1) is 13.0 Å². The van der Waals surface area contributed by atoms with Gasteiger partial charge in [-0.15, -0.1) is 0 Å². The van der Waals surface area contributed by atoms with Gasteiger partial charge < -0.3 is 20.7 Å². The normalized spacial score (nSPS) is 15.6. The molecule has 37 heavy (non-hydrogen) atoms. The number of rotatable bonds is 7. The summed E-state index contributed by atoms with van der Waals surface area (Å²) in [4.78, 5) is 44.8. The number of nitrogens with one attached hydrogen (secondary N) is 1. The van der Waals surface area contributed by atoms with E-state index in [0.717, 1.165) is 25.2 Å². The number of methoxy groups -OCH3 is 1. The van der Waals surface area contributed by atoms with E-state index >= 15 is 0 Å². The lowest BCUT2D eigenvalue weighted by Crippen LogP contribution is -2.39. The standard InChI is InChI=1S/C26H28N8O3/c1-37-14-9-21(35)33-12-4-5-18(16-33)25-32-22(23-24(27)29-11-13-34(23)25)17-7-8-19(30-15-17)26(36)31-20-6-2-3-10-28-20/h2-3,6-8,10-11,13,15,18H,4-5,9,12,14,16H2,1H3,(H2,27,29)(H,28,31,36). The van der Waals surface area contributed by atoms with Gasteiger partial charge in [-0.05, 0) is 37.1 Å². The van der Waals surface area contributed by atoms with Crippen molar-refractivity contribution >= 4 is 29.0 Å². The lowest BCUT2D eigenvalue weighted by Gasteiger charge is -2.32. The van der Waals surface area contributed by atoms with Crippen LogP contribution in [0.25, 0.3) is 16.8 Å². The molecule has 0 aliphatic carbocycles. The van der Waals surface area contributed by atoms with Gasteiger partial charge in [0.25, 0.3) is 5.91 Å². The molecule has 1 aliphatic rings. The van der Waals surface area contributed by atoms with Crippen molar-refractivity contribution in [1.82, 2.24) is 29.2 Å². The number of aromatic nitrogens is 5. The molecule has 1 fully saturated rings. The van der Waals surface area contributed by atoms with Crippen molar-refractivity contribution in [3.8, 4) is 11.3 Å². The number of amides is 2. The van der Waals surface area contributed by atoms with Crippen molar-refractivity contribution in [1.29, 1.82) is 0 Å². The van der Waals surface area contributed by atoms with Crippen LogP contribution >= 0.6 is 0 Å². The number of hydrogen-bond acceptors (Lipinski definition) is 8. The van der Waals surface area contributed by atoms with Gasteiger partial charge in [-0.1, -0.05) is 6.07 Å². The van der Waals surface area contributed by atoms with Crippen LogP contribution in [0.2, 0.25) is 0 Å². The molecule has 0 bridgehead atoms. The zero-order chi connectivity index (χ0) is 25.8. The number of pyridine rings is 2. The number of ether oxygens (including phenoxy) is 1. The number of anilines is 2. The van der Waals surface area contributed by atoms with E-state index in [4.69, 9.17) is 15.5 Å². The highest BCUT2D eigenvalue weighted by atomic mass is 16.5. The van der Waals surface area contributed by atoms with Crippen molar-refractivity contribution < 1.29 is 14.3 Å². The van der Waals surface area contributed by atoms with E-state index in [1.807, 2.05) is 15.5 Å². The van der Waals surface area contributed by atoms with E-state index in [1.165, 1.54) is 0 Å². The molecule has 11 heteroatoms. The first-order valence-electron chi connectivity index (χ1n) is 12.1. The minimum absolute atomic E-state index is 0.0414. The van der Waals surface area contributed by atoms with Crippen molar-refractivity contribution in [2.75, 3.05) is 37.9 Å². The smallest absolute Gasteiger partial charge is 0.275 e. The van der Waals surface area contributed by atoms with Gasteiger partial charge in [0.2, 0.25) is 5.91 Å². The predicted octanol–water partition coefficient (Wildman–Crippen LogP) is 2.76. The molecule has 5 heterocycles. The van der Waals surface area contributed by atoms with Crippen LogP contribution in [0.5, 0.6) is 0 Å². The molecule has 3 N–H and O–H groups in total. The van der Waals surface area contributed by atoms with Crippen molar-refractivity contribution in [3.63, 3.8) is 0 Å². The fourth-order valence-electron chi connectivity index (χ4n) is 4.62. The molecule has 0 saturated carbocycles. The van der Waals surface area contributed by atoms with Crippen LogP contribution in [0.3, 0.4) is 0 Å². The third-order valence-electron chi connectivity index (χ3n) is 6.45. The Morgan fingerprint density at radius 3 is 2.81 bits per heavy atom. The molecule has 4 aromatic heterocycles. The Labute approximate surface area is 213 Å². The second kappa shape index (κ2) is 10.7. The fraction of sp³-hybridized carbons (Fsp3) is 0.308. The topological polar surface area (TPSA) is 141 Å². The highest BCUT2D eigenvalue weighted by Crippen LogP contribution is 2.33. The summed E-state index contributed by atoms with van der Waals surface area (Å²) in [5.74, 6) is 1.38. The number of fused-ring (bicyclic) bond motifs is 1. The summed E-state index contributed by atoms with van der Waals surface area (Å²) < 4.78 is 7.02. The summed E-state index contributed by atoms with van der Waals surface area (Å²) in [5, 5.41) is 2.73. The Kier molecular flexibility index (Phi) is 7.04. The van der Waals surface area contributed by atoms with Gasteiger partial charge in [0.15, 0.2) is 0 Å². The Morgan fingerprint density at radius 2 is 2.05 bits per heavy atom. The SMILES string of the molecule is COCCC(=O)N1CCCC(c2nc(-c3ccc(C(=O)Nc4ccccn4)nc3)c3c(N)nccn23)C1. The maximum absolute atomic E-state index is 12.6. The van der Waals surface area contributed by atoms with Crippen molar-refractivity contribution in [2.24, 2.45) is 0 Å². The first-order chi connectivity index (χ1) is 18.0. The molecule has 1 saturated heterocycles. The van der Waals surface area contributed by atoms with E-state index < -0.39 is 0 Å². The number of carbonyl (C=O) groups is 2. The molecule has 1 unspecified atom stereocenters. The Balaban J connectivity index is 1.43. The first kappa shape index (κ1) is 24.3. The number of likely N-dealkylation sites (tertiary alicyclic amines) is 1. The second-order valence-corrected chi connectivity index (χ2v) is 8.87. The molecule has 11 nitrogen and oxygen atoms in total. The molecule has 1 atom stereocenters. The summed E-state index contributed by atoms with van der Waals surface area (Å²) in [5.41, 5.74) is 8.56. The Hall–Kier alpha value is -4.38. The van der Waals surface area contributed by atoms with Gasteiger partial charge in [-0.25, -0.2) is 15.0 Å². The minimum atomic E-state index is -0.359. The lowest BCUT2D eigenvalue weighted by molar-refractivity contribution is -0.133. The minimum Gasteiger partial charge on any atom is -0.384 e. The van der Waals surface area contributed by atoms with E-state index in [1.54, 1.807) is 56.0 Å². The van der Waals surface area contributed by atoms with Crippen LogP contribution in [-0.4, -0.2) is 67.9 Å². The molecular weight excluding hydrogens is 472 g/mol. The second-order valence-electron chi connectivity index (χ2n) is 8.87. The summed E-state index contributed by atoms with van der Waals surface area (Å²) in [6.07, 6.45) is 8.84. The summed E-state index contributed by atoms with van der Waals surface area (Å²) in [7, 11) is 1.59. The number of carbonyl (C=O) groups excluding carboxylic acids is 2. The van der Waals surface area contributed by atoms with Crippen LogP contribution in [0.1, 0.15) is 41.5 Å². The molecule has 190 valence electrons. The Morgan fingerprint density at radius 1 is 1.16 bits per heavy atom. The molecule has 0 spiro atoms. The average molecular weight is 501 g/mol. The van der Waals surface area contributed by atoms with Gasteiger partial charge in [0, 0.05) is 56.5 Å².